The number of aliphatic hydroxyl groups excluding tert-OH is 1. The Morgan fingerprint density at radius 1 is 1.24 bits per heavy atom. The molecule has 0 unspecified atom stereocenters. The normalized spacial score (nSPS) is 17.8. The molecule has 1 fully saturated rings. The zero-order valence-corrected chi connectivity index (χ0v) is 12.5. The number of amides is 1. The summed E-state index contributed by atoms with van der Waals surface area (Å²) in [6.07, 6.45) is 0.785. The van der Waals surface area contributed by atoms with Crippen LogP contribution in [0.5, 0.6) is 0 Å². The van der Waals surface area contributed by atoms with E-state index in [4.69, 9.17) is 0 Å². The minimum absolute atomic E-state index is 0.0808. The number of carbonyl (C=O) groups excluding carboxylic acids is 1. The molecule has 2 rings (SSSR count). The molecule has 1 aliphatic rings. The summed E-state index contributed by atoms with van der Waals surface area (Å²) in [7, 11) is 0. The molecular weight excluding hydrogens is 271 g/mol. The summed E-state index contributed by atoms with van der Waals surface area (Å²) in [4.78, 5) is 16.2. The number of hydrogen-bond acceptors (Lipinski definition) is 3. The number of benzene rings is 1. The Kier molecular flexibility index (Phi) is 5.70. The largest absolute Gasteiger partial charge is 0.392 e. The first-order chi connectivity index (χ1) is 10.1. The van der Waals surface area contributed by atoms with Gasteiger partial charge in [-0.05, 0) is 24.1 Å². The van der Waals surface area contributed by atoms with Crippen LogP contribution in [0.25, 0.3) is 0 Å². The van der Waals surface area contributed by atoms with Crippen molar-refractivity contribution in [2.45, 2.75) is 25.9 Å². The lowest BCUT2D eigenvalue weighted by Gasteiger charge is -2.35. The molecule has 1 aromatic carbocycles. The van der Waals surface area contributed by atoms with E-state index in [9.17, 15) is 14.3 Å². The van der Waals surface area contributed by atoms with Crippen LogP contribution >= 0.6 is 0 Å². The first kappa shape index (κ1) is 15.9. The van der Waals surface area contributed by atoms with E-state index in [1.807, 2.05) is 11.8 Å². The topological polar surface area (TPSA) is 43.8 Å². The number of rotatable bonds is 5. The SMILES string of the molecule is CC[C@H](O)CN1CCN(C(=O)Cc2ccc(F)cc2)CC1. The van der Waals surface area contributed by atoms with Gasteiger partial charge in [-0.2, -0.15) is 0 Å². The van der Waals surface area contributed by atoms with Crippen LogP contribution in [0, 0.1) is 5.82 Å². The molecule has 5 heteroatoms. The van der Waals surface area contributed by atoms with Crippen LogP contribution in [0.1, 0.15) is 18.9 Å². The van der Waals surface area contributed by atoms with Gasteiger partial charge in [-0.15, -0.1) is 0 Å². The van der Waals surface area contributed by atoms with E-state index in [0.717, 1.165) is 25.1 Å². The van der Waals surface area contributed by atoms with Gasteiger partial charge < -0.3 is 10.0 Å². The number of carbonyl (C=O) groups is 1. The van der Waals surface area contributed by atoms with Crippen molar-refractivity contribution in [2.24, 2.45) is 0 Å². The van der Waals surface area contributed by atoms with Crippen LogP contribution in [-0.2, 0) is 11.2 Å². The van der Waals surface area contributed by atoms with Crippen LogP contribution < -0.4 is 0 Å². The molecule has 4 nitrogen and oxygen atoms in total. The molecule has 1 atom stereocenters. The van der Waals surface area contributed by atoms with Crippen molar-refractivity contribution in [3.63, 3.8) is 0 Å². The van der Waals surface area contributed by atoms with Gasteiger partial charge in [-0.25, -0.2) is 4.39 Å². The predicted molar refractivity (Wildman–Crippen MR) is 79.4 cm³/mol. The van der Waals surface area contributed by atoms with E-state index in [1.54, 1.807) is 12.1 Å². The van der Waals surface area contributed by atoms with Gasteiger partial charge in [0.1, 0.15) is 5.82 Å². The smallest absolute Gasteiger partial charge is 0.227 e. The molecule has 116 valence electrons. The van der Waals surface area contributed by atoms with E-state index >= 15 is 0 Å². The average Bonchev–Trinajstić information content (AvgIpc) is 2.50. The molecular formula is C16H23FN2O2. The minimum atomic E-state index is -0.286. The molecule has 1 heterocycles. The van der Waals surface area contributed by atoms with Crippen molar-refractivity contribution < 1.29 is 14.3 Å². The van der Waals surface area contributed by atoms with Gasteiger partial charge in [0.05, 0.1) is 12.5 Å². The fourth-order valence-electron chi connectivity index (χ4n) is 2.50. The van der Waals surface area contributed by atoms with Gasteiger partial charge in [0, 0.05) is 32.7 Å². The predicted octanol–water partition coefficient (Wildman–Crippen LogP) is 1.28. The molecule has 1 N–H and O–H groups in total. The molecule has 1 saturated heterocycles. The molecule has 0 saturated carbocycles. The van der Waals surface area contributed by atoms with E-state index in [-0.39, 0.29) is 17.8 Å². The van der Waals surface area contributed by atoms with Crippen LogP contribution in [0.15, 0.2) is 24.3 Å². The molecule has 1 amide bonds. The second-order valence-corrected chi connectivity index (χ2v) is 5.55. The maximum atomic E-state index is 12.8. The number of nitrogens with zero attached hydrogens (tertiary/aromatic N) is 2. The average molecular weight is 294 g/mol. The Bertz CT molecular complexity index is 456. The highest BCUT2D eigenvalue weighted by atomic mass is 19.1. The van der Waals surface area contributed by atoms with Gasteiger partial charge >= 0.3 is 0 Å². The Morgan fingerprint density at radius 3 is 2.43 bits per heavy atom. The fraction of sp³-hybridized carbons (Fsp3) is 0.562. The van der Waals surface area contributed by atoms with Crippen LogP contribution in [-0.4, -0.2) is 59.6 Å². The highest BCUT2D eigenvalue weighted by Crippen LogP contribution is 2.09. The van der Waals surface area contributed by atoms with Crippen molar-refractivity contribution >= 4 is 5.91 Å². The molecule has 0 radical (unpaired) electrons. The van der Waals surface area contributed by atoms with E-state index in [1.165, 1.54) is 12.1 Å². The number of halogens is 1. The summed E-state index contributed by atoms with van der Waals surface area (Å²) < 4.78 is 12.8. The van der Waals surface area contributed by atoms with Gasteiger partial charge in [0.15, 0.2) is 0 Å². The first-order valence-corrected chi connectivity index (χ1v) is 7.51. The Morgan fingerprint density at radius 2 is 1.86 bits per heavy atom. The molecule has 1 aromatic rings. The second-order valence-electron chi connectivity index (χ2n) is 5.55. The van der Waals surface area contributed by atoms with Gasteiger partial charge in [-0.3, -0.25) is 9.69 Å². The van der Waals surface area contributed by atoms with Gasteiger partial charge in [-0.1, -0.05) is 19.1 Å². The zero-order chi connectivity index (χ0) is 15.2. The number of aliphatic hydroxyl groups is 1. The highest BCUT2D eigenvalue weighted by Gasteiger charge is 2.22. The quantitative estimate of drug-likeness (QED) is 0.890. The van der Waals surface area contributed by atoms with Gasteiger partial charge in [0.2, 0.25) is 5.91 Å². The van der Waals surface area contributed by atoms with Crippen LogP contribution in [0.3, 0.4) is 0 Å². The van der Waals surface area contributed by atoms with E-state index in [0.29, 0.717) is 26.1 Å². The second kappa shape index (κ2) is 7.52. The minimum Gasteiger partial charge on any atom is -0.392 e. The molecule has 1 aliphatic heterocycles. The van der Waals surface area contributed by atoms with Crippen molar-refractivity contribution in [3.8, 4) is 0 Å². The summed E-state index contributed by atoms with van der Waals surface area (Å²) in [5.41, 5.74) is 0.838. The Labute approximate surface area is 125 Å². The first-order valence-electron chi connectivity index (χ1n) is 7.51. The number of hydrogen-bond donors (Lipinski definition) is 1. The molecule has 21 heavy (non-hydrogen) atoms. The molecule has 0 spiro atoms. The highest BCUT2D eigenvalue weighted by molar-refractivity contribution is 5.78. The molecule has 0 bridgehead atoms. The summed E-state index contributed by atoms with van der Waals surface area (Å²) >= 11 is 0. The monoisotopic (exact) mass is 294 g/mol. The summed E-state index contributed by atoms with van der Waals surface area (Å²) in [5, 5.41) is 9.65. The van der Waals surface area contributed by atoms with Gasteiger partial charge in [0.25, 0.3) is 0 Å². The van der Waals surface area contributed by atoms with E-state index < -0.39 is 0 Å². The lowest BCUT2D eigenvalue weighted by atomic mass is 10.1. The maximum absolute atomic E-state index is 12.8. The third-order valence-electron chi connectivity index (χ3n) is 3.93. The summed E-state index contributed by atoms with van der Waals surface area (Å²) in [6.45, 7) is 5.62. The molecule has 0 aromatic heterocycles. The summed E-state index contributed by atoms with van der Waals surface area (Å²) in [5.74, 6) is -0.202. The maximum Gasteiger partial charge on any atom is 0.227 e. The lowest BCUT2D eigenvalue weighted by Crippen LogP contribution is -2.50. The lowest BCUT2D eigenvalue weighted by molar-refractivity contribution is -0.132. The number of piperazine rings is 1. The Balaban J connectivity index is 1.79. The third-order valence-corrected chi connectivity index (χ3v) is 3.93. The third kappa shape index (κ3) is 4.79. The van der Waals surface area contributed by atoms with Crippen molar-refractivity contribution in [2.75, 3.05) is 32.7 Å². The van der Waals surface area contributed by atoms with E-state index in [2.05, 4.69) is 4.90 Å². The summed E-state index contributed by atoms with van der Waals surface area (Å²) in [6, 6.07) is 6.07. The van der Waals surface area contributed by atoms with Crippen molar-refractivity contribution in [3.05, 3.63) is 35.6 Å². The van der Waals surface area contributed by atoms with Crippen LogP contribution in [0.4, 0.5) is 4.39 Å². The van der Waals surface area contributed by atoms with Crippen molar-refractivity contribution in [1.29, 1.82) is 0 Å². The standard InChI is InChI=1S/C16H23FN2O2/c1-2-15(20)12-18-7-9-19(10-8-18)16(21)11-13-3-5-14(17)6-4-13/h3-6,15,20H,2,7-12H2,1H3/t15-/m0/s1. The zero-order valence-electron chi connectivity index (χ0n) is 12.5. The van der Waals surface area contributed by atoms with Crippen LogP contribution in [0.2, 0.25) is 0 Å². The Hall–Kier alpha value is -1.46. The molecule has 0 aliphatic carbocycles. The fourth-order valence-corrected chi connectivity index (χ4v) is 2.50. The van der Waals surface area contributed by atoms with Crippen molar-refractivity contribution in [1.82, 2.24) is 9.80 Å². The number of β-amino-alcohol motifs (C(OH)–C–C–N with tert-alkyl or cyclic N) is 1.